The Kier molecular flexibility index (Phi) is 12.5. The van der Waals surface area contributed by atoms with Gasteiger partial charge in [-0.2, -0.15) is 0 Å². The molecule has 0 radical (unpaired) electrons. The smallest absolute Gasteiger partial charge is 0.337 e. The van der Waals surface area contributed by atoms with Crippen LogP contribution in [-0.2, 0) is 27.3 Å². The van der Waals surface area contributed by atoms with Gasteiger partial charge in [-0.3, -0.25) is 0 Å². The van der Waals surface area contributed by atoms with Gasteiger partial charge < -0.3 is 24.2 Å². The third kappa shape index (κ3) is 10.5. The van der Waals surface area contributed by atoms with E-state index in [4.69, 9.17) is 14.0 Å². The Bertz CT molecular complexity index is 996. The molecule has 8 nitrogen and oxygen atoms in total. The van der Waals surface area contributed by atoms with Crippen LogP contribution in [0.15, 0.2) is 28.8 Å². The van der Waals surface area contributed by atoms with Gasteiger partial charge in [0.05, 0.1) is 18.5 Å². The van der Waals surface area contributed by atoms with E-state index in [1.165, 1.54) is 13.2 Å². The van der Waals surface area contributed by atoms with Crippen molar-refractivity contribution in [1.29, 1.82) is 0 Å². The zero-order chi connectivity index (χ0) is 27.3. The zero-order valence-corrected chi connectivity index (χ0v) is 22.3. The van der Waals surface area contributed by atoms with Crippen LogP contribution in [-0.4, -0.2) is 47.9 Å². The van der Waals surface area contributed by atoms with Crippen molar-refractivity contribution >= 4 is 17.7 Å². The Hall–Kier alpha value is -3.01. The fourth-order valence-corrected chi connectivity index (χ4v) is 3.71. The van der Waals surface area contributed by atoms with Gasteiger partial charge in [-0.25, -0.2) is 18.4 Å². The number of unbranched alkanes of at least 4 members (excludes halogenated alkanes) is 5. The van der Waals surface area contributed by atoms with Crippen molar-refractivity contribution in [3.05, 3.63) is 47.4 Å². The Balaban J connectivity index is 1.85. The number of urea groups is 1. The minimum absolute atomic E-state index is 0.0462. The Labute approximate surface area is 217 Å². The maximum Gasteiger partial charge on any atom is 0.337 e. The van der Waals surface area contributed by atoms with E-state index in [1.54, 1.807) is 24.8 Å². The van der Waals surface area contributed by atoms with Crippen LogP contribution in [0.1, 0.15) is 77.2 Å². The number of carbonyl (C=O) groups is 2. The van der Waals surface area contributed by atoms with Gasteiger partial charge in [-0.15, -0.1) is 0 Å². The number of nitrogens with one attached hydrogen (secondary N) is 1. The molecule has 0 aliphatic carbocycles. The van der Waals surface area contributed by atoms with Crippen molar-refractivity contribution in [2.75, 3.05) is 25.5 Å². The molecule has 2 aromatic rings. The SMILES string of the molecule is CCCCCCCN(CCCCc1cc(COC(C)(C)C(=O)OC)on1)C(=O)Nc1ccc(F)cc1F. The number of hydrogen-bond acceptors (Lipinski definition) is 6. The van der Waals surface area contributed by atoms with Crippen molar-refractivity contribution < 1.29 is 32.4 Å². The minimum Gasteiger partial charge on any atom is -0.467 e. The average molecular weight is 524 g/mol. The molecule has 0 aliphatic heterocycles. The molecule has 0 spiro atoms. The molecule has 10 heteroatoms. The number of carbonyl (C=O) groups excluding carboxylic acids is 2. The highest BCUT2D eigenvalue weighted by molar-refractivity contribution is 5.89. The van der Waals surface area contributed by atoms with E-state index in [1.807, 2.05) is 0 Å². The van der Waals surface area contributed by atoms with Crippen molar-refractivity contribution in [2.45, 2.75) is 84.3 Å². The standard InChI is InChI=1S/C27H39F2N3O5/c1-5-6-7-8-10-15-32(26(34)30-24-14-13-20(28)17-23(24)29)16-11-9-12-21-18-22(37-31-21)19-36-27(2,3)25(33)35-4/h13-14,17-18H,5-12,15-16,19H2,1-4H3,(H,30,34). The first-order valence-corrected chi connectivity index (χ1v) is 12.8. The van der Waals surface area contributed by atoms with Crippen LogP contribution in [0.4, 0.5) is 19.3 Å². The largest absolute Gasteiger partial charge is 0.467 e. The van der Waals surface area contributed by atoms with Gasteiger partial charge in [0, 0.05) is 25.2 Å². The van der Waals surface area contributed by atoms with Crippen LogP contribution in [0.2, 0.25) is 0 Å². The third-order valence-electron chi connectivity index (χ3n) is 5.96. The number of methoxy groups -OCH3 is 1. The summed E-state index contributed by atoms with van der Waals surface area (Å²) in [5, 5.41) is 6.61. The molecule has 2 rings (SSSR count). The zero-order valence-electron chi connectivity index (χ0n) is 22.3. The first kappa shape index (κ1) is 30.2. The fraction of sp³-hybridized carbons (Fsp3) is 0.593. The van der Waals surface area contributed by atoms with E-state index in [0.29, 0.717) is 31.7 Å². The maximum atomic E-state index is 14.0. The highest BCUT2D eigenvalue weighted by atomic mass is 19.1. The van der Waals surface area contributed by atoms with Crippen LogP contribution in [0, 0.1) is 11.6 Å². The highest BCUT2D eigenvalue weighted by Gasteiger charge is 2.30. The second kappa shape index (κ2) is 15.3. The number of halogens is 2. The molecule has 2 amide bonds. The molecule has 1 aromatic carbocycles. The number of aryl methyl sites for hydroxylation is 1. The van der Waals surface area contributed by atoms with E-state index in [9.17, 15) is 18.4 Å². The van der Waals surface area contributed by atoms with Gasteiger partial charge in [-0.1, -0.05) is 37.8 Å². The molecule has 0 atom stereocenters. The van der Waals surface area contributed by atoms with Crippen LogP contribution in [0.5, 0.6) is 0 Å². The van der Waals surface area contributed by atoms with Gasteiger partial charge >= 0.3 is 12.0 Å². The summed E-state index contributed by atoms with van der Waals surface area (Å²) >= 11 is 0. The fourth-order valence-electron chi connectivity index (χ4n) is 3.71. The van der Waals surface area contributed by atoms with E-state index in [2.05, 4.69) is 17.4 Å². The number of hydrogen-bond donors (Lipinski definition) is 1. The summed E-state index contributed by atoms with van der Waals surface area (Å²) in [7, 11) is 1.30. The number of aromatic nitrogens is 1. The van der Waals surface area contributed by atoms with Gasteiger partial charge in [-0.05, 0) is 51.7 Å². The summed E-state index contributed by atoms with van der Waals surface area (Å²) in [5.41, 5.74) is -0.396. The molecule has 0 unspecified atom stereocenters. The summed E-state index contributed by atoms with van der Waals surface area (Å²) in [6.07, 6.45) is 7.36. The second-order valence-electron chi connectivity index (χ2n) is 9.49. The summed E-state index contributed by atoms with van der Waals surface area (Å²) in [5.74, 6) is -1.48. The minimum atomic E-state index is -1.10. The predicted molar refractivity (Wildman–Crippen MR) is 136 cm³/mol. The number of esters is 1. The second-order valence-corrected chi connectivity index (χ2v) is 9.49. The molecule has 1 aromatic heterocycles. The van der Waals surface area contributed by atoms with Gasteiger partial charge in [0.25, 0.3) is 0 Å². The van der Waals surface area contributed by atoms with Crippen molar-refractivity contribution in [3.8, 4) is 0 Å². The Morgan fingerprint density at radius 2 is 1.76 bits per heavy atom. The van der Waals surface area contributed by atoms with Crippen molar-refractivity contribution in [3.63, 3.8) is 0 Å². The van der Waals surface area contributed by atoms with E-state index in [0.717, 1.165) is 56.4 Å². The lowest BCUT2D eigenvalue weighted by atomic mass is 10.1. The Morgan fingerprint density at radius 3 is 2.43 bits per heavy atom. The molecule has 1 N–H and O–H groups in total. The summed E-state index contributed by atoms with van der Waals surface area (Å²) in [6, 6.07) is 4.46. The molecular weight excluding hydrogens is 484 g/mol. The van der Waals surface area contributed by atoms with Crippen LogP contribution < -0.4 is 5.32 Å². The van der Waals surface area contributed by atoms with Crippen molar-refractivity contribution in [1.82, 2.24) is 10.1 Å². The Morgan fingerprint density at radius 1 is 1.05 bits per heavy atom. The number of benzene rings is 1. The summed E-state index contributed by atoms with van der Waals surface area (Å²) in [4.78, 5) is 26.2. The summed E-state index contributed by atoms with van der Waals surface area (Å²) in [6.45, 7) is 6.51. The number of rotatable bonds is 16. The van der Waals surface area contributed by atoms with E-state index < -0.39 is 29.2 Å². The van der Waals surface area contributed by atoms with Crippen LogP contribution in [0.25, 0.3) is 0 Å². The van der Waals surface area contributed by atoms with Crippen molar-refractivity contribution in [2.24, 2.45) is 0 Å². The average Bonchev–Trinajstić information content (AvgIpc) is 3.32. The molecule has 0 bridgehead atoms. The van der Waals surface area contributed by atoms with E-state index in [-0.39, 0.29) is 12.3 Å². The number of amides is 2. The topological polar surface area (TPSA) is 93.9 Å². The highest BCUT2D eigenvalue weighted by Crippen LogP contribution is 2.18. The quantitative estimate of drug-likeness (QED) is 0.207. The number of anilines is 1. The first-order chi connectivity index (χ1) is 17.7. The van der Waals surface area contributed by atoms with Gasteiger partial charge in [0.1, 0.15) is 18.2 Å². The molecule has 37 heavy (non-hydrogen) atoms. The lowest BCUT2D eigenvalue weighted by Gasteiger charge is -2.23. The molecule has 206 valence electrons. The van der Waals surface area contributed by atoms with Gasteiger partial charge in [0.15, 0.2) is 11.4 Å². The normalized spacial score (nSPS) is 11.4. The predicted octanol–water partition coefficient (Wildman–Crippen LogP) is 6.25. The molecular formula is C27H39F2N3O5. The maximum absolute atomic E-state index is 14.0. The molecule has 0 aliphatic rings. The lowest BCUT2D eigenvalue weighted by molar-refractivity contribution is -0.167. The number of nitrogens with zero attached hydrogens (tertiary/aromatic N) is 2. The van der Waals surface area contributed by atoms with Gasteiger partial charge in [0.2, 0.25) is 0 Å². The third-order valence-corrected chi connectivity index (χ3v) is 5.96. The monoisotopic (exact) mass is 523 g/mol. The molecule has 0 saturated heterocycles. The van der Waals surface area contributed by atoms with Crippen LogP contribution in [0.3, 0.4) is 0 Å². The molecule has 0 fully saturated rings. The molecule has 0 saturated carbocycles. The molecule has 1 heterocycles. The summed E-state index contributed by atoms with van der Waals surface area (Å²) < 4.78 is 42.8. The lowest BCUT2D eigenvalue weighted by Crippen LogP contribution is -2.36. The van der Waals surface area contributed by atoms with E-state index >= 15 is 0 Å². The first-order valence-electron chi connectivity index (χ1n) is 12.8. The number of ether oxygens (including phenoxy) is 2. The van der Waals surface area contributed by atoms with Crippen LogP contribution >= 0.6 is 0 Å².